The summed E-state index contributed by atoms with van der Waals surface area (Å²) < 4.78 is 24.9. The van der Waals surface area contributed by atoms with Gasteiger partial charge in [0.15, 0.2) is 4.77 Å². The largest absolute Gasteiger partial charge is 0.272 e. The van der Waals surface area contributed by atoms with Crippen LogP contribution in [0.25, 0.3) is 5.69 Å². The van der Waals surface area contributed by atoms with Crippen LogP contribution in [0, 0.1) is 4.77 Å². The number of rotatable bonds is 4. The van der Waals surface area contributed by atoms with Gasteiger partial charge in [0.25, 0.3) is 0 Å². The van der Waals surface area contributed by atoms with Crippen LogP contribution in [-0.2, 0) is 16.4 Å². The highest BCUT2D eigenvalue weighted by Crippen LogP contribution is 2.16. The first-order valence-corrected chi connectivity index (χ1v) is 7.68. The highest BCUT2D eigenvalue weighted by Gasteiger charge is 2.12. The van der Waals surface area contributed by atoms with Gasteiger partial charge in [0.1, 0.15) is 5.82 Å². The molecule has 0 saturated heterocycles. The van der Waals surface area contributed by atoms with Crippen molar-refractivity contribution in [2.75, 3.05) is 0 Å². The summed E-state index contributed by atoms with van der Waals surface area (Å²) >= 11 is 5.17. The zero-order valence-electron chi connectivity index (χ0n) is 10.3. The summed E-state index contributed by atoms with van der Waals surface area (Å²) in [5, 5.41) is 12.0. The molecule has 0 fully saturated rings. The van der Waals surface area contributed by atoms with Gasteiger partial charge in [-0.1, -0.05) is 13.0 Å². The molecule has 19 heavy (non-hydrogen) atoms. The van der Waals surface area contributed by atoms with Crippen molar-refractivity contribution in [2.24, 2.45) is 5.14 Å². The summed E-state index contributed by atoms with van der Waals surface area (Å²) in [4.78, 5) is 0.0514. The summed E-state index contributed by atoms with van der Waals surface area (Å²) in [7, 11) is -3.73. The minimum atomic E-state index is -3.73. The number of hydrogen-bond acceptors (Lipinski definition) is 4. The van der Waals surface area contributed by atoms with Crippen molar-refractivity contribution in [2.45, 2.75) is 24.7 Å². The first kappa shape index (κ1) is 13.9. The maximum absolute atomic E-state index is 11.4. The average molecular weight is 298 g/mol. The Morgan fingerprint density at radius 1 is 1.47 bits per heavy atom. The zero-order chi connectivity index (χ0) is 14.0. The molecule has 0 aliphatic carbocycles. The zero-order valence-corrected chi connectivity index (χ0v) is 12.0. The van der Waals surface area contributed by atoms with Crippen molar-refractivity contribution in [3.8, 4) is 5.69 Å². The Balaban J connectivity index is 2.60. The van der Waals surface area contributed by atoms with Crippen molar-refractivity contribution < 1.29 is 8.42 Å². The van der Waals surface area contributed by atoms with E-state index < -0.39 is 10.0 Å². The Morgan fingerprint density at radius 2 is 2.21 bits per heavy atom. The van der Waals surface area contributed by atoms with Crippen LogP contribution in [0.2, 0.25) is 0 Å². The van der Waals surface area contributed by atoms with Crippen molar-refractivity contribution in [1.82, 2.24) is 14.8 Å². The maximum atomic E-state index is 11.4. The van der Waals surface area contributed by atoms with Crippen molar-refractivity contribution >= 4 is 22.2 Å². The van der Waals surface area contributed by atoms with Gasteiger partial charge >= 0.3 is 0 Å². The molecule has 3 N–H and O–H groups in total. The van der Waals surface area contributed by atoms with Crippen LogP contribution >= 0.6 is 12.2 Å². The molecule has 2 aromatic rings. The molecule has 0 saturated carbocycles. The molecule has 0 amide bonds. The second-order valence-electron chi connectivity index (χ2n) is 4.07. The number of sulfonamides is 1. The van der Waals surface area contributed by atoms with E-state index >= 15 is 0 Å². The van der Waals surface area contributed by atoms with E-state index in [4.69, 9.17) is 17.4 Å². The molecule has 0 atom stereocenters. The smallest absolute Gasteiger partial charge is 0.238 e. The molecule has 0 bridgehead atoms. The number of nitrogens with zero attached hydrogens (tertiary/aromatic N) is 2. The molecular formula is C11H14N4O2S2. The third kappa shape index (κ3) is 2.91. The number of aromatic amines is 1. The first-order chi connectivity index (χ1) is 8.93. The SMILES string of the molecule is CCCc1n[nH]c(=S)n1-c1cccc(S(N)(=O)=O)c1. The monoisotopic (exact) mass is 298 g/mol. The van der Waals surface area contributed by atoms with E-state index in [0.717, 1.165) is 18.7 Å². The molecule has 0 unspecified atom stereocenters. The molecule has 1 heterocycles. The number of nitrogens with one attached hydrogen (secondary N) is 1. The standard InChI is InChI=1S/C11H14N4O2S2/c1-2-4-10-13-14-11(18)15(10)8-5-3-6-9(7-8)19(12,16)17/h3,5-7H,2,4H2,1H3,(H,14,18)(H2,12,16,17). The fourth-order valence-electron chi connectivity index (χ4n) is 1.79. The molecule has 2 rings (SSSR count). The Morgan fingerprint density at radius 3 is 2.84 bits per heavy atom. The minimum absolute atomic E-state index is 0.0514. The predicted molar refractivity (Wildman–Crippen MR) is 74.1 cm³/mol. The van der Waals surface area contributed by atoms with Crippen molar-refractivity contribution in [1.29, 1.82) is 0 Å². The number of aryl methyl sites for hydroxylation is 1. The fourth-order valence-corrected chi connectivity index (χ4v) is 2.60. The lowest BCUT2D eigenvalue weighted by atomic mass is 10.3. The highest BCUT2D eigenvalue weighted by atomic mass is 32.2. The van der Waals surface area contributed by atoms with Gasteiger partial charge in [-0.3, -0.25) is 9.67 Å². The van der Waals surface area contributed by atoms with Gasteiger partial charge in [0.05, 0.1) is 10.6 Å². The highest BCUT2D eigenvalue weighted by molar-refractivity contribution is 7.89. The molecule has 0 aliphatic heterocycles. The Bertz CT molecular complexity index is 746. The van der Waals surface area contributed by atoms with E-state index in [9.17, 15) is 8.42 Å². The predicted octanol–water partition coefficient (Wildman–Crippen LogP) is 1.53. The lowest BCUT2D eigenvalue weighted by molar-refractivity contribution is 0.597. The molecular weight excluding hydrogens is 284 g/mol. The second-order valence-corrected chi connectivity index (χ2v) is 6.02. The number of nitrogens with two attached hydrogens (primary N) is 1. The lowest BCUT2D eigenvalue weighted by Crippen LogP contribution is -2.12. The summed E-state index contributed by atoms with van der Waals surface area (Å²) in [5.74, 6) is 0.763. The van der Waals surface area contributed by atoms with Gasteiger partial charge in [-0.15, -0.1) is 0 Å². The van der Waals surface area contributed by atoms with Crippen LogP contribution in [-0.4, -0.2) is 23.2 Å². The molecule has 0 aliphatic rings. The summed E-state index contributed by atoms with van der Waals surface area (Å²) in [5.41, 5.74) is 0.633. The quantitative estimate of drug-likeness (QED) is 0.837. The number of benzene rings is 1. The van der Waals surface area contributed by atoms with Crippen LogP contribution in [0.4, 0.5) is 0 Å². The van der Waals surface area contributed by atoms with Gasteiger partial charge in [0, 0.05) is 6.42 Å². The maximum Gasteiger partial charge on any atom is 0.238 e. The topological polar surface area (TPSA) is 93.8 Å². The van der Waals surface area contributed by atoms with Crippen LogP contribution in [0.3, 0.4) is 0 Å². The lowest BCUT2D eigenvalue weighted by Gasteiger charge is -2.07. The third-order valence-corrected chi connectivity index (χ3v) is 3.80. The van der Waals surface area contributed by atoms with E-state index in [1.165, 1.54) is 12.1 Å². The number of H-pyrrole nitrogens is 1. The van der Waals surface area contributed by atoms with Crippen LogP contribution in [0.15, 0.2) is 29.2 Å². The first-order valence-electron chi connectivity index (χ1n) is 5.73. The van der Waals surface area contributed by atoms with E-state index in [1.54, 1.807) is 16.7 Å². The Kier molecular flexibility index (Phi) is 3.83. The van der Waals surface area contributed by atoms with E-state index in [1.807, 2.05) is 6.92 Å². The number of primary sulfonamides is 1. The third-order valence-electron chi connectivity index (χ3n) is 2.62. The van der Waals surface area contributed by atoms with Gasteiger partial charge in [0.2, 0.25) is 10.0 Å². The molecule has 1 aromatic carbocycles. The van der Waals surface area contributed by atoms with E-state index in [-0.39, 0.29) is 4.90 Å². The van der Waals surface area contributed by atoms with Gasteiger partial charge in [-0.05, 0) is 36.8 Å². The van der Waals surface area contributed by atoms with Crippen molar-refractivity contribution in [3.05, 3.63) is 34.9 Å². The van der Waals surface area contributed by atoms with Gasteiger partial charge in [-0.25, -0.2) is 13.6 Å². The molecule has 1 aromatic heterocycles. The van der Waals surface area contributed by atoms with E-state index in [2.05, 4.69) is 10.2 Å². The summed E-state index contributed by atoms with van der Waals surface area (Å²) in [6.45, 7) is 2.03. The molecule has 0 radical (unpaired) electrons. The summed E-state index contributed by atoms with van der Waals surface area (Å²) in [6, 6.07) is 6.32. The van der Waals surface area contributed by atoms with Gasteiger partial charge in [-0.2, -0.15) is 5.10 Å². The number of hydrogen-bond donors (Lipinski definition) is 2. The molecule has 8 heteroatoms. The van der Waals surface area contributed by atoms with E-state index in [0.29, 0.717) is 10.5 Å². The second kappa shape index (κ2) is 5.24. The van der Waals surface area contributed by atoms with Crippen LogP contribution in [0.5, 0.6) is 0 Å². The number of aromatic nitrogens is 3. The van der Waals surface area contributed by atoms with Crippen LogP contribution < -0.4 is 5.14 Å². The molecule has 6 nitrogen and oxygen atoms in total. The van der Waals surface area contributed by atoms with Crippen LogP contribution in [0.1, 0.15) is 19.2 Å². The van der Waals surface area contributed by atoms with Gasteiger partial charge < -0.3 is 0 Å². The molecule has 0 spiro atoms. The Labute approximate surface area is 116 Å². The fraction of sp³-hybridized carbons (Fsp3) is 0.273. The Hall–Kier alpha value is -1.51. The minimum Gasteiger partial charge on any atom is -0.272 e. The van der Waals surface area contributed by atoms with Crippen molar-refractivity contribution in [3.63, 3.8) is 0 Å². The molecule has 102 valence electrons. The average Bonchev–Trinajstić information content (AvgIpc) is 2.70. The normalized spacial score (nSPS) is 11.7. The summed E-state index contributed by atoms with van der Waals surface area (Å²) in [6.07, 6.45) is 1.65.